The molecule has 7 nitrogen and oxygen atoms in total. The first-order valence-electron chi connectivity index (χ1n) is 8.55. The van der Waals surface area contributed by atoms with Crippen LogP contribution in [0.1, 0.15) is 13.3 Å². The van der Waals surface area contributed by atoms with Crippen molar-refractivity contribution >= 4 is 34.7 Å². The predicted molar refractivity (Wildman–Crippen MR) is 104 cm³/mol. The molecule has 0 saturated heterocycles. The van der Waals surface area contributed by atoms with Gasteiger partial charge in [0.05, 0.1) is 6.20 Å². The second kappa shape index (κ2) is 6.92. The van der Waals surface area contributed by atoms with Crippen LogP contribution in [0.4, 0.5) is 17.2 Å². The average Bonchev–Trinajstić information content (AvgIpc) is 2.71. The van der Waals surface area contributed by atoms with Gasteiger partial charge in [-0.05, 0) is 35.7 Å². The quantitative estimate of drug-likeness (QED) is 0.647. The molecular weight excluding hydrogens is 364 g/mol. The van der Waals surface area contributed by atoms with Crippen molar-refractivity contribution < 1.29 is 4.79 Å². The predicted octanol–water partition coefficient (Wildman–Crippen LogP) is 3.48. The van der Waals surface area contributed by atoms with Gasteiger partial charge >= 0.3 is 0 Å². The molecule has 3 aromatic rings. The number of benzene rings is 1. The van der Waals surface area contributed by atoms with Gasteiger partial charge in [0.15, 0.2) is 5.82 Å². The zero-order valence-electron chi connectivity index (χ0n) is 14.9. The van der Waals surface area contributed by atoms with Crippen molar-refractivity contribution in [2.24, 2.45) is 0 Å². The topological polar surface area (TPSA) is 75.1 Å². The van der Waals surface area contributed by atoms with Crippen LogP contribution in [0, 0.1) is 0 Å². The number of hydrogen-bond acceptors (Lipinski definition) is 6. The summed E-state index contributed by atoms with van der Waals surface area (Å²) in [6.45, 7) is 1.98. The lowest BCUT2D eigenvalue weighted by Gasteiger charge is -2.40. The van der Waals surface area contributed by atoms with Crippen LogP contribution in [0.5, 0.6) is 0 Å². The van der Waals surface area contributed by atoms with E-state index < -0.39 is 0 Å². The van der Waals surface area contributed by atoms with Gasteiger partial charge < -0.3 is 9.80 Å². The highest BCUT2D eigenvalue weighted by Crippen LogP contribution is 2.40. The fourth-order valence-corrected chi connectivity index (χ4v) is 3.43. The van der Waals surface area contributed by atoms with Crippen LogP contribution in [0.3, 0.4) is 0 Å². The van der Waals surface area contributed by atoms with Crippen molar-refractivity contribution in [2.75, 3.05) is 16.8 Å². The van der Waals surface area contributed by atoms with Crippen molar-refractivity contribution in [1.82, 2.24) is 19.9 Å². The Morgan fingerprint density at radius 2 is 1.93 bits per heavy atom. The summed E-state index contributed by atoms with van der Waals surface area (Å²) < 4.78 is 0. The first-order chi connectivity index (χ1) is 13.1. The van der Waals surface area contributed by atoms with E-state index >= 15 is 0 Å². The maximum atomic E-state index is 12.9. The Labute approximate surface area is 161 Å². The number of halogens is 1. The molecule has 136 valence electrons. The summed E-state index contributed by atoms with van der Waals surface area (Å²) in [7, 11) is 1.73. The van der Waals surface area contributed by atoms with E-state index in [4.69, 9.17) is 11.6 Å². The highest BCUT2D eigenvalue weighted by molar-refractivity contribution is 6.28. The fourth-order valence-electron chi connectivity index (χ4n) is 3.30. The number of anilines is 3. The standard InChI is InChI=1S/C19H17ClN6O/c1-3-15-18(27)25(2)16-10-23-19(20)24-17(16)26(15)14-6-4-5-12(7-14)13-8-21-11-22-9-13/h4-11,15H,3H2,1-2H3. The van der Waals surface area contributed by atoms with E-state index in [2.05, 4.69) is 19.9 Å². The molecule has 0 radical (unpaired) electrons. The number of amides is 1. The Morgan fingerprint density at radius 3 is 2.67 bits per heavy atom. The normalized spacial score (nSPS) is 16.4. The maximum absolute atomic E-state index is 12.9. The van der Waals surface area contributed by atoms with E-state index in [0.717, 1.165) is 16.8 Å². The number of rotatable bonds is 3. The number of carbonyl (C=O) groups is 1. The van der Waals surface area contributed by atoms with E-state index in [1.54, 1.807) is 30.5 Å². The molecule has 1 amide bonds. The molecule has 3 heterocycles. The lowest BCUT2D eigenvalue weighted by Crippen LogP contribution is -2.50. The monoisotopic (exact) mass is 380 g/mol. The largest absolute Gasteiger partial charge is 0.312 e. The number of likely N-dealkylation sites (N-methyl/N-ethyl adjacent to an activating group) is 1. The Balaban J connectivity index is 1.88. The molecule has 4 rings (SSSR count). The van der Waals surface area contributed by atoms with Crippen molar-refractivity contribution in [2.45, 2.75) is 19.4 Å². The van der Waals surface area contributed by atoms with E-state index in [-0.39, 0.29) is 17.2 Å². The summed E-state index contributed by atoms with van der Waals surface area (Å²) in [6.07, 6.45) is 7.21. The highest BCUT2D eigenvalue weighted by Gasteiger charge is 2.38. The molecule has 1 aliphatic heterocycles. The molecule has 2 aromatic heterocycles. The molecule has 1 aromatic carbocycles. The van der Waals surface area contributed by atoms with Gasteiger partial charge in [0.1, 0.15) is 18.1 Å². The molecular formula is C19H17ClN6O. The van der Waals surface area contributed by atoms with Crippen molar-refractivity contribution in [3.63, 3.8) is 0 Å². The smallest absolute Gasteiger partial charge is 0.250 e. The minimum atomic E-state index is -0.379. The summed E-state index contributed by atoms with van der Waals surface area (Å²) in [5, 5.41) is 0.143. The number of hydrogen-bond donors (Lipinski definition) is 0. The van der Waals surface area contributed by atoms with Crippen molar-refractivity contribution in [3.8, 4) is 11.1 Å². The Bertz CT molecular complexity index is 996. The van der Waals surface area contributed by atoms with Gasteiger partial charge in [-0.25, -0.2) is 15.0 Å². The van der Waals surface area contributed by atoms with Crippen molar-refractivity contribution in [1.29, 1.82) is 0 Å². The first-order valence-corrected chi connectivity index (χ1v) is 8.92. The van der Waals surface area contributed by atoms with E-state index in [0.29, 0.717) is 17.9 Å². The van der Waals surface area contributed by atoms with Crippen LogP contribution in [-0.2, 0) is 4.79 Å². The summed E-state index contributed by atoms with van der Waals surface area (Å²) in [6, 6.07) is 7.49. The van der Waals surface area contributed by atoms with E-state index in [1.165, 1.54) is 6.33 Å². The van der Waals surface area contributed by atoms with Crippen LogP contribution in [0.15, 0.2) is 49.2 Å². The molecule has 0 bridgehead atoms. The third-order valence-electron chi connectivity index (χ3n) is 4.64. The molecule has 8 heteroatoms. The van der Waals surface area contributed by atoms with E-state index in [9.17, 15) is 4.79 Å². The maximum Gasteiger partial charge on any atom is 0.250 e. The average molecular weight is 381 g/mol. The Morgan fingerprint density at radius 1 is 1.15 bits per heavy atom. The Kier molecular flexibility index (Phi) is 4.45. The molecule has 27 heavy (non-hydrogen) atoms. The second-order valence-corrected chi connectivity index (χ2v) is 6.55. The zero-order chi connectivity index (χ0) is 19.0. The molecule has 0 saturated carbocycles. The number of carbonyl (C=O) groups excluding carboxylic acids is 1. The van der Waals surface area contributed by atoms with Gasteiger partial charge in [-0.1, -0.05) is 19.1 Å². The van der Waals surface area contributed by atoms with Crippen LogP contribution in [-0.4, -0.2) is 38.9 Å². The lowest BCUT2D eigenvalue weighted by molar-refractivity contribution is -0.119. The van der Waals surface area contributed by atoms with Crippen LogP contribution in [0.2, 0.25) is 5.28 Å². The minimum Gasteiger partial charge on any atom is -0.312 e. The van der Waals surface area contributed by atoms with Crippen LogP contribution >= 0.6 is 11.6 Å². The number of fused-ring (bicyclic) bond motifs is 1. The molecule has 0 spiro atoms. The summed E-state index contributed by atoms with van der Waals surface area (Å²) in [5.41, 5.74) is 3.33. The molecule has 0 N–H and O–H groups in total. The molecule has 1 atom stereocenters. The third-order valence-corrected chi connectivity index (χ3v) is 4.82. The number of nitrogens with zero attached hydrogens (tertiary/aromatic N) is 6. The van der Waals surface area contributed by atoms with Crippen LogP contribution in [0.25, 0.3) is 11.1 Å². The van der Waals surface area contributed by atoms with E-state index in [1.807, 2.05) is 36.1 Å². The summed E-state index contributed by atoms with van der Waals surface area (Å²) in [5.74, 6) is 0.606. The van der Waals surface area contributed by atoms with Crippen LogP contribution < -0.4 is 9.80 Å². The molecule has 1 unspecified atom stereocenters. The third kappa shape index (κ3) is 3.00. The number of aromatic nitrogens is 4. The van der Waals surface area contributed by atoms with Crippen molar-refractivity contribution in [3.05, 3.63) is 54.5 Å². The molecule has 1 aliphatic rings. The summed E-state index contributed by atoms with van der Waals surface area (Å²) in [4.78, 5) is 33.1. The van der Waals surface area contributed by atoms with Gasteiger partial charge in [-0.2, -0.15) is 4.98 Å². The molecule has 0 aliphatic carbocycles. The van der Waals surface area contributed by atoms with Gasteiger partial charge in [0.2, 0.25) is 11.2 Å². The first kappa shape index (κ1) is 17.4. The second-order valence-electron chi connectivity index (χ2n) is 6.22. The SMILES string of the molecule is CCC1C(=O)N(C)c2cnc(Cl)nc2N1c1cccc(-c2cncnc2)c1. The fraction of sp³-hybridized carbons (Fsp3) is 0.211. The van der Waals surface area contributed by atoms with Gasteiger partial charge in [-0.3, -0.25) is 4.79 Å². The lowest BCUT2D eigenvalue weighted by atomic mass is 10.0. The van der Waals surface area contributed by atoms with Gasteiger partial charge in [-0.15, -0.1) is 0 Å². The highest BCUT2D eigenvalue weighted by atomic mass is 35.5. The molecule has 0 fully saturated rings. The Hall–Kier alpha value is -3.06. The minimum absolute atomic E-state index is 0.00984. The summed E-state index contributed by atoms with van der Waals surface area (Å²) >= 11 is 6.06. The van der Waals surface area contributed by atoms with Gasteiger partial charge in [0, 0.05) is 30.7 Å². The zero-order valence-corrected chi connectivity index (χ0v) is 15.6. The van der Waals surface area contributed by atoms with Gasteiger partial charge in [0.25, 0.3) is 0 Å².